The summed E-state index contributed by atoms with van der Waals surface area (Å²) in [5, 5.41) is 7.10. The normalized spacial score (nSPS) is 38.8. The summed E-state index contributed by atoms with van der Waals surface area (Å²) in [6.07, 6.45) is 5.56. The van der Waals surface area contributed by atoms with E-state index < -0.39 is 0 Å². The van der Waals surface area contributed by atoms with E-state index in [1.807, 2.05) is 0 Å². The summed E-state index contributed by atoms with van der Waals surface area (Å²) in [5.74, 6) is 0. The summed E-state index contributed by atoms with van der Waals surface area (Å²) < 4.78 is 5.58. The first-order valence-corrected chi connectivity index (χ1v) is 5.93. The molecule has 3 atom stereocenters. The van der Waals surface area contributed by atoms with Gasteiger partial charge in [0.25, 0.3) is 0 Å². The fourth-order valence-electron chi connectivity index (χ4n) is 2.28. The molecule has 2 saturated heterocycles. The second kappa shape index (κ2) is 5.10. The molecule has 0 aromatic heterocycles. The third kappa shape index (κ3) is 2.94. The van der Waals surface area contributed by atoms with Crippen LogP contribution >= 0.6 is 0 Å². The Bertz CT molecular complexity index is 161. The molecule has 0 radical (unpaired) electrons. The van der Waals surface area contributed by atoms with Crippen LogP contribution in [0.2, 0.25) is 0 Å². The lowest BCUT2D eigenvalue weighted by Gasteiger charge is -2.29. The Balaban J connectivity index is 1.60. The van der Waals surface area contributed by atoms with Crippen LogP contribution in [0.5, 0.6) is 0 Å². The average Bonchev–Trinajstić information content (AvgIpc) is 2.70. The Kier molecular flexibility index (Phi) is 3.79. The summed E-state index contributed by atoms with van der Waals surface area (Å²) in [7, 11) is 0. The predicted octanol–water partition coefficient (Wildman–Crippen LogP) is 0.895. The van der Waals surface area contributed by atoms with Gasteiger partial charge in [-0.25, -0.2) is 0 Å². The van der Waals surface area contributed by atoms with E-state index in [4.69, 9.17) is 4.74 Å². The molecule has 3 heteroatoms. The van der Waals surface area contributed by atoms with Gasteiger partial charge in [-0.2, -0.15) is 0 Å². The van der Waals surface area contributed by atoms with Gasteiger partial charge in [-0.1, -0.05) is 0 Å². The first-order valence-electron chi connectivity index (χ1n) is 5.93. The van der Waals surface area contributed by atoms with Crippen LogP contribution in [-0.2, 0) is 4.74 Å². The van der Waals surface area contributed by atoms with Gasteiger partial charge in [-0.15, -0.1) is 0 Å². The monoisotopic (exact) mass is 198 g/mol. The molecule has 3 nitrogen and oxygen atoms in total. The van der Waals surface area contributed by atoms with Gasteiger partial charge in [0.15, 0.2) is 0 Å². The molecule has 0 spiro atoms. The van der Waals surface area contributed by atoms with E-state index in [0.717, 1.165) is 19.7 Å². The highest BCUT2D eigenvalue weighted by Gasteiger charge is 2.20. The number of piperidine rings is 1. The summed E-state index contributed by atoms with van der Waals surface area (Å²) in [4.78, 5) is 0. The van der Waals surface area contributed by atoms with Gasteiger partial charge in [0.05, 0.1) is 6.10 Å². The molecular weight excluding hydrogens is 176 g/mol. The summed E-state index contributed by atoms with van der Waals surface area (Å²) >= 11 is 0. The summed E-state index contributed by atoms with van der Waals surface area (Å²) in [6, 6.07) is 1.37. The van der Waals surface area contributed by atoms with Crippen LogP contribution in [-0.4, -0.2) is 37.9 Å². The third-order valence-electron chi connectivity index (χ3n) is 3.32. The highest BCUT2D eigenvalue weighted by atomic mass is 16.5. The standard InChI is InChI=1S/C11H22N2O/c1-9-4-5-10(7-12-9)13-8-11-3-2-6-14-11/h9-13H,2-8H2,1H3. The van der Waals surface area contributed by atoms with E-state index in [1.165, 1.54) is 25.7 Å². The van der Waals surface area contributed by atoms with Crippen molar-refractivity contribution in [2.24, 2.45) is 0 Å². The van der Waals surface area contributed by atoms with E-state index in [1.54, 1.807) is 0 Å². The van der Waals surface area contributed by atoms with Crippen molar-refractivity contribution < 1.29 is 4.74 Å². The number of ether oxygens (including phenoxy) is 1. The maximum atomic E-state index is 5.58. The lowest BCUT2D eigenvalue weighted by Crippen LogP contribution is -2.48. The Morgan fingerprint density at radius 2 is 2.29 bits per heavy atom. The molecule has 2 aliphatic rings. The van der Waals surface area contributed by atoms with Crippen molar-refractivity contribution in [1.29, 1.82) is 0 Å². The third-order valence-corrected chi connectivity index (χ3v) is 3.32. The number of hydrogen-bond acceptors (Lipinski definition) is 3. The van der Waals surface area contributed by atoms with Crippen LogP contribution in [0.15, 0.2) is 0 Å². The van der Waals surface area contributed by atoms with E-state index in [0.29, 0.717) is 18.2 Å². The van der Waals surface area contributed by atoms with Crippen LogP contribution in [0.1, 0.15) is 32.6 Å². The van der Waals surface area contributed by atoms with Gasteiger partial charge in [-0.3, -0.25) is 0 Å². The Hall–Kier alpha value is -0.120. The van der Waals surface area contributed by atoms with Crippen LogP contribution in [0.25, 0.3) is 0 Å². The van der Waals surface area contributed by atoms with Crippen LogP contribution in [0, 0.1) is 0 Å². The number of nitrogens with one attached hydrogen (secondary N) is 2. The highest BCUT2D eigenvalue weighted by molar-refractivity contribution is 4.81. The van der Waals surface area contributed by atoms with Crippen molar-refractivity contribution in [2.45, 2.75) is 50.8 Å². The van der Waals surface area contributed by atoms with Crippen molar-refractivity contribution in [1.82, 2.24) is 10.6 Å². The topological polar surface area (TPSA) is 33.3 Å². The molecule has 14 heavy (non-hydrogen) atoms. The van der Waals surface area contributed by atoms with Crippen molar-refractivity contribution in [3.63, 3.8) is 0 Å². The van der Waals surface area contributed by atoms with Gasteiger partial charge in [-0.05, 0) is 32.6 Å². The maximum Gasteiger partial charge on any atom is 0.0700 e. The largest absolute Gasteiger partial charge is 0.377 e. The minimum absolute atomic E-state index is 0.481. The fourth-order valence-corrected chi connectivity index (χ4v) is 2.28. The smallest absolute Gasteiger partial charge is 0.0700 e. The van der Waals surface area contributed by atoms with Gasteiger partial charge >= 0.3 is 0 Å². The molecule has 0 amide bonds. The second-order valence-electron chi connectivity index (χ2n) is 4.63. The molecule has 0 saturated carbocycles. The molecule has 2 fully saturated rings. The lowest BCUT2D eigenvalue weighted by atomic mass is 10.0. The van der Waals surface area contributed by atoms with Gasteiger partial charge < -0.3 is 15.4 Å². The zero-order chi connectivity index (χ0) is 9.80. The number of hydrogen-bond donors (Lipinski definition) is 2. The van der Waals surface area contributed by atoms with Crippen molar-refractivity contribution >= 4 is 0 Å². The van der Waals surface area contributed by atoms with Crippen molar-refractivity contribution in [3.05, 3.63) is 0 Å². The highest BCUT2D eigenvalue weighted by Crippen LogP contribution is 2.12. The average molecular weight is 198 g/mol. The number of rotatable bonds is 3. The molecule has 82 valence electrons. The molecule has 3 unspecified atom stereocenters. The lowest BCUT2D eigenvalue weighted by molar-refractivity contribution is 0.106. The van der Waals surface area contributed by atoms with E-state index in [9.17, 15) is 0 Å². The molecule has 2 N–H and O–H groups in total. The van der Waals surface area contributed by atoms with Crippen LogP contribution in [0.3, 0.4) is 0 Å². The second-order valence-corrected chi connectivity index (χ2v) is 4.63. The van der Waals surface area contributed by atoms with Gasteiger partial charge in [0.2, 0.25) is 0 Å². The van der Waals surface area contributed by atoms with E-state index >= 15 is 0 Å². The van der Waals surface area contributed by atoms with E-state index in [2.05, 4.69) is 17.6 Å². The molecule has 0 aromatic carbocycles. The Morgan fingerprint density at radius 1 is 1.36 bits per heavy atom. The van der Waals surface area contributed by atoms with Gasteiger partial charge in [0, 0.05) is 31.8 Å². The first-order chi connectivity index (χ1) is 6.84. The molecule has 0 aliphatic carbocycles. The van der Waals surface area contributed by atoms with E-state index in [-0.39, 0.29) is 0 Å². The summed E-state index contributed by atoms with van der Waals surface area (Å²) in [6.45, 7) is 5.39. The fraction of sp³-hybridized carbons (Fsp3) is 1.00. The molecule has 2 rings (SSSR count). The molecule has 2 aliphatic heterocycles. The quantitative estimate of drug-likeness (QED) is 0.707. The Morgan fingerprint density at radius 3 is 2.93 bits per heavy atom. The predicted molar refractivity (Wildman–Crippen MR) is 57.5 cm³/mol. The van der Waals surface area contributed by atoms with Crippen LogP contribution < -0.4 is 10.6 Å². The molecule has 0 aromatic rings. The van der Waals surface area contributed by atoms with Crippen LogP contribution in [0.4, 0.5) is 0 Å². The Labute approximate surface area is 86.6 Å². The zero-order valence-electron chi connectivity index (χ0n) is 9.09. The first kappa shape index (κ1) is 10.4. The van der Waals surface area contributed by atoms with Gasteiger partial charge in [0.1, 0.15) is 0 Å². The molecule has 2 heterocycles. The SMILES string of the molecule is CC1CCC(NCC2CCCO2)CN1. The van der Waals surface area contributed by atoms with Crippen molar-refractivity contribution in [3.8, 4) is 0 Å². The minimum atomic E-state index is 0.481. The molecular formula is C11H22N2O. The van der Waals surface area contributed by atoms with Crippen molar-refractivity contribution in [2.75, 3.05) is 19.7 Å². The molecule has 0 bridgehead atoms. The minimum Gasteiger partial charge on any atom is -0.377 e. The maximum absolute atomic E-state index is 5.58. The summed E-state index contributed by atoms with van der Waals surface area (Å²) in [5.41, 5.74) is 0. The zero-order valence-corrected chi connectivity index (χ0v) is 9.09.